The van der Waals surface area contributed by atoms with Gasteiger partial charge in [-0.2, -0.15) is 0 Å². The number of fused-ring (bicyclic) bond motifs is 2. The number of aromatic hydroxyl groups is 1. The van der Waals surface area contributed by atoms with Gasteiger partial charge in [0.05, 0.1) is 33.5 Å². The number of benzene rings is 6. The van der Waals surface area contributed by atoms with Crippen LogP contribution in [0.2, 0.25) is 0 Å². The van der Waals surface area contributed by atoms with Crippen LogP contribution >= 0.6 is 0 Å². The molecule has 0 saturated heterocycles. The predicted molar refractivity (Wildman–Crippen MR) is 257 cm³/mol. The predicted octanol–water partition coefficient (Wildman–Crippen LogP) is 14.8. The fourth-order valence-electron chi connectivity index (χ4n) is 8.37. The van der Waals surface area contributed by atoms with Gasteiger partial charge in [-0.3, -0.25) is 4.57 Å². The van der Waals surface area contributed by atoms with Crippen molar-refractivity contribution in [3.63, 3.8) is 0 Å². The first kappa shape index (κ1) is 40.3. The van der Waals surface area contributed by atoms with Crippen molar-refractivity contribution >= 4 is 21.9 Å². The minimum absolute atomic E-state index is 0.00591. The Morgan fingerprint density at radius 3 is 1.84 bits per heavy atom. The molecule has 61 heavy (non-hydrogen) atoms. The van der Waals surface area contributed by atoms with Crippen molar-refractivity contribution in [3.8, 4) is 56.3 Å². The number of phenolic OH excluding ortho intramolecular Hbond substituents is 1. The zero-order valence-corrected chi connectivity index (χ0v) is 38.2. The Labute approximate surface area is 364 Å². The van der Waals surface area contributed by atoms with Crippen molar-refractivity contribution in [1.29, 1.82) is 0 Å². The van der Waals surface area contributed by atoms with Crippen LogP contribution in [0.4, 0.5) is 0 Å². The monoisotopic (exact) mass is 805 g/mol. The number of aromatic nitrogens is 4. The first-order valence-electron chi connectivity index (χ1n) is 22.0. The summed E-state index contributed by atoms with van der Waals surface area (Å²) in [4.78, 5) is 15.0. The second kappa shape index (κ2) is 14.8. The molecule has 0 fully saturated rings. The summed E-state index contributed by atoms with van der Waals surface area (Å²) >= 11 is 0. The first-order valence-corrected chi connectivity index (χ1v) is 21.5. The standard InChI is InChI=1S/C56H60N4O/c1-34-19-17-23-42-48(34)57-33-58-49(42)37-27-36(28-39(29-37)54(5,6)7)41-22-18-24-47-50(41)59-52(44-31-40(55(8,9)10)32-45(51(44)61)56(11,12)13)60(47)46-26-25-38(53(2,3)4)30-43(46)35-20-15-14-16-21-35/h14-33,61H,1-13H3/i33D. The highest BCUT2D eigenvalue weighted by Crippen LogP contribution is 2.46. The molecule has 0 saturated carbocycles. The van der Waals surface area contributed by atoms with E-state index in [0.717, 1.165) is 83.4 Å². The Bertz CT molecular complexity index is 3020. The quantitative estimate of drug-likeness (QED) is 0.188. The summed E-state index contributed by atoms with van der Waals surface area (Å²) in [6.07, 6.45) is -0.00591. The Morgan fingerprint density at radius 1 is 0.525 bits per heavy atom. The average Bonchev–Trinajstić information content (AvgIpc) is 3.59. The highest BCUT2D eigenvalue weighted by Gasteiger charge is 2.30. The fraction of sp³-hybridized carbons (Fsp3) is 0.304. The summed E-state index contributed by atoms with van der Waals surface area (Å²) in [6.45, 7) is 28.6. The van der Waals surface area contributed by atoms with Crippen LogP contribution in [0.15, 0.2) is 122 Å². The number of phenols is 1. The summed E-state index contributed by atoms with van der Waals surface area (Å²) in [5.41, 5.74) is 14.6. The summed E-state index contributed by atoms with van der Waals surface area (Å²) < 4.78 is 10.9. The van der Waals surface area contributed by atoms with Crippen LogP contribution < -0.4 is 0 Å². The Balaban J connectivity index is 1.51. The lowest BCUT2D eigenvalue weighted by Crippen LogP contribution is -2.17. The molecule has 5 nitrogen and oxygen atoms in total. The summed E-state index contributed by atoms with van der Waals surface area (Å²) in [7, 11) is 0. The third kappa shape index (κ3) is 7.76. The van der Waals surface area contributed by atoms with E-state index in [0.29, 0.717) is 11.4 Å². The van der Waals surface area contributed by atoms with E-state index >= 15 is 0 Å². The molecule has 0 aliphatic rings. The maximum Gasteiger partial charge on any atom is 0.149 e. The molecule has 0 aliphatic carbocycles. The topological polar surface area (TPSA) is 63.8 Å². The van der Waals surface area contributed by atoms with Gasteiger partial charge in [0.2, 0.25) is 0 Å². The highest BCUT2D eigenvalue weighted by molar-refractivity contribution is 5.99. The third-order valence-corrected chi connectivity index (χ3v) is 12.1. The van der Waals surface area contributed by atoms with Crippen LogP contribution in [0, 0.1) is 6.92 Å². The molecule has 2 heterocycles. The van der Waals surface area contributed by atoms with E-state index in [9.17, 15) is 5.11 Å². The van der Waals surface area contributed by atoms with Crippen molar-refractivity contribution in [2.75, 3.05) is 0 Å². The van der Waals surface area contributed by atoms with Crippen LogP contribution in [0.3, 0.4) is 0 Å². The van der Waals surface area contributed by atoms with E-state index in [-0.39, 0.29) is 33.7 Å². The zero-order chi connectivity index (χ0) is 44.7. The fourth-order valence-corrected chi connectivity index (χ4v) is 8.37. The lowest BCUT2D eigenvalue weighted by molar-refractivity contribution is 0.446. The van der Waals surface area contributed by atoms with E-state index in [1.807, 2.05) is 19.1 Å². The molecule has 8 aromatic rings. The minimum atomic E-state index is -0.335. The van der Waals surface area contributed by atoms with Gasteiger partial charge < -0.3 is 5.11 Å². The van der Waals surface area contributed by atoms with Crippen LogP contribution in [0.1, 0.15) is 112 Å². The molecule has 5 heteroatoms. The average molecular weight is 806 g/mol. The van der Waals surface area contributed by atoms with Crippen LogP contribution in [0.5, 0.6) is 5.75 Å². The molecule has 0 aliphatic heterocycles. The smallest absolute Gasteiger partial charge is 0.149 e. The number of hydrogen-bond acceptors (Lipinski definition) is 4. The van der Waals surface area contributed by atoms with Gasteiger partial charge in [0.15, 0.2) is 0 Å². The van der Waals surface area contributed by atoms with Crippen LogP contribution in [0.25, 0.3) is 72.5 Å². The molecule has 310 valence electrons. The van der Waals surface area contributed by atoms with Gasteiger partial charge in [-0.1, -0.05) is 162 Å². The van der Waals surface area contributed by atoms with Crippen molar-refractivity contribution < 1.29 is 6.48 Å². The van der Waals surface area contributed by atoms with E-state index in [1.54, 1.807) is 0 Å². The molecule has 0 atom stereocenters. The van der Waals surface area contributed by atoms with Gasteiger partial charge in [-0.15, -0.1) is 0 Å². The van der Waals surface area contributed by atoms with E-state index in [4.69, 9.17) is 11.3 Å². The van der Waals surface area contributed by atoms with E-state index < -0.39 is 0 Å². The molecular formula is C56H60N4O. The van der Waals surface area contributed by atoms with Gasteiger partial charge in [-0.05, 0) is 98.4 Å². The second-order valence-corrected chi connectivity index (χ2v) is 20.9. The zero-order valence-electron chi connectivity index (χ0n) is 39.2. The van der Waals surface area contributed by atoms with Crippen LogP contribution in [-0.2, 0) is 21.7 Å². The SMILES string of the molecule is [2H]c1nc(-c2cc(-c3cccc4c3nc(-c3cc(C(C)(C)C)cc(C(C)(C)C)c3O)n4-c3ccc(C(C)(C)C)cc3-c3ccccc3)cc(C(C)(C)C)c2)c2cccc(C)c2n1. The molecule has 8 rings (SSSR count). The van der Waals surface area contributed by atoms with Gasteiger partial charge in [-0.25, -0.2) is 15.0 Å². The molecular weight excluding hydrogens is 745 g/mol. The van der Waals surface area contributed by atoms with Crippen molar-refractivity contribution in [1.82, 2.24) is 19.5 Å². The van der Waals surface area contributed by atoms with Crippen molar-refractivity contribution in [3.05, 3.63) is 149 Å². The lowest BCUT2D eigenvalue weighted by Gasteiger charge is -2.28. The van der Waals surface area contributed by atoms with Gasteiger partial charge in [0, 0.05) is 27.6 Å². The summed E-state index contributed by atoms with van der Waals surface area (Å²) in [5.74, 6) is 0.913. The Hall–Kier alpha value is -6.07. The van der Waals surface area contributed by atoms with Gasteiger partial charge in [0.25, 0.3) is 0 Å². The Kier molecular flexibility index (Phi) is 9.81. The number of aryl methyl sites for hydroxylation is 1. The largest absolute Gasteiger partial charge is 0.507 e. The number of imidazole rings is 1. The molecule has 0 spiro atoms. The van der Waals surface area contributed by atoms with E-state index in [1.165, 1.54) is 5.56 Å². The minimum Gasteiger partial charge on any atom is -0.507 e. The molecule has 6 aromatic carbocycles. The number of rotatable bonds is 5. The number of hydrogen-bond donors (Lipinski definition) is 1. The molecule has 0 unspecified atom stereocenters. The molecule has 2 aromatic heterocycles. The summed E-state index contributed by atoms with van der Waals surface area (Å²) in [5, 5.41) is 13.4. The lowest BCUT2D eigenvalue weighted by atomic mass is 9.79. The van der Waals surface area contributed by atoms with Crippen LogP contribution in [-0.4, -0.2) is 24.6 Å². The first-order chi connectivity index (χ1) is 29.0. The van der Waals surface area contributed by atoms with Gasteiger partial charge >= 0.3 is 0 Å². The normalized spacial score (nSPS) is 13.0. The Morgan fingerprint density at radius 2 is 1.16 bits per heavy atom. The molecule has 0 amide bonds. The van der Waals surface area contributed by atoms with Crippen molar-refractivity contribution in [2.24, 2.45) is 0 Å². The van der Waals surface area contributed by atoms with Crippen molar-refractivity contribution in [2.45, 2.75) is 112 Å². The number of nitrogens with zero attached hydrogens (tertiary/aromatic N) is 4. The molecule has 0 radical (unpaired) electrons. The second-order valence-electron chi connectivity index (χ2n) is 20.9. The van der Waals surface area contributed by atoms with E-state index in [2.05, 4.69) is 196 Å². The number of para-hydroxylation sites is 2. The third-order valence-electron chi connectivity index (χ3n) is 12.1. The molecule has 1 N–H and O–H groups in total. The molecule has 0 bridgehead atoms. The highest BCUT2D eigenvalue weighted by atomic mass is 16.3. The van der Waals surface area contributed by atoms with Gasteiger partial charge in [0.1, 0.15) is 19.2 Å². The maximum atomic E-state index is 12.5. The summed E-state index contributed by atoms with van der Waals surface area (Å²) in [6, 6.07) is 40.9. The maximum absolute atomic E-state index is 12.5.